The van der Waals surface area contributed by atoms with Crippen LogP contribution in [0.4, 0.5) is 0 Å². The number of aliphatic hydroxyl groups is 1. The minimum Gasteiger partial charge on any atom is -0.497 e. The third-order valence-corrected chi connectivity index (χ3v) is 3.37. The van der Waals surface area contributed by atoms with Crippen molar-refractivity contribution in [1.29, 1.82) is 0 Å². The third kappa shape index (κ3) is 2.33. The Labute approximate surface area is 99.7 Å². The molecule has 1 aromatic carbocycles. The van der Waals surface area contributed by atoms with Crippen molar-refractivity contribution >= 4 is 17.5 Å². The SMILES string of the molecule is COc1ccc(C2=CSCN2CCO)cc1. The first-order valence-electron chi connectivity index (χ1n) is 5.17. The van der Waals surface area contributed by atoms with Gasteiger partial charge in [-0.05, 0) is 35.2 Å². The smallest absolute Gasteiger partial charge is 0.118 e. The monoisotopic (exact) mass is 237 g/mol. The van der Waals surface area contributed by atoms with Crippen LogP contribution in [0, 0.1) is 0 Å². The van der Waals surface area contributed by atoms with Crippen molar-refractivity contribution in [2.45, 2.75) is 0 Å². The van der Waals surface area contributed by atoms with E-state index in [9.17, 15) is 0 Å². The van der Waals surface area contributed by atoms with Gasteiger partial charge >= 0.3 is 0 Å². The minimum atomic E-state index is 0.189. The number of hydrogen-bond acceptors (Lipinski definition) is 4. The number of thioether (sulfide) groups is 1. The maximum Gasteiger partial charge on any atom is 0.118 e. The van der Waals surface area contributed by atoms with Crippen molar-refractivity contribution in [2.75, 3.05) is 26.1 Å². The molecule has 1 aromatic rings. The topological polar surface area (TPSA) is 32.7 Å². The van der Waals surface area contributed by atoms with E-state index < -0.39 is 0 Å². The summed E-state index contributed by atoms with van der Waals surface area (Å²) in [6.07, 6.45) is 0. The Morgan fingerprint density at radius 2 is 2.12 bits per heavy atom. The zero-order valence-electron chi connectivity index (χ0n) is 9.22. The van der Waals surface area contributed by atoms with Gasteiger partial charge in [0.2, 0.25) is 0 Å². The number of ether oxygens (including phenoxy) is 1. The quantitative estimate of drug-likeness (QED) is 0.868. The van der Waals surface area contributed by atoms with Gasteiger partial charge in [0.1, 0.15) is 5.75 Å². The van der Waals surface area contributed by atoms with E-state index in [0.29, 0.717) is 6.54 Å². The summed E-state index contributed by atoms with van der Waals surface area (Å²) in [5.74, 6) is 1.78. The predicted octanol–water partition coefficient (Wildman–Crippen LogP) is 1.99. The summed E-state index contributed by atoms with van der Waals surface area (Å²) >= 11 is 1.76. The Morgan fingerprint density at radius 1 is 1.38 bits per heavy atom. The van der Waals surface area contributed by atoms with Crippen LogP contribution < -0.4 is 4.74 Å². The van der Waals surface area contributed by atoms with Crippen LogP contribution in [0.3, 0.4) is 0 Å². The molecule has 0 spiro atoms. The zero-order chi connectivity index (χ0) is 11.4. The molecule has 0 bridgehead atoms. The highest BCUT2D eigenvalue weighted by molar-refractivity contribution is 8.02. The van der Waals surface area contributed by atoms with E-state index in [1.165, 1.54) is 11.3 Å². The summed E-state index contributed by atoms with van der Waals surface area (Å²) in [7, 11) is 1.66. The molecule has 1 heterocycles. The second-order valence-corrected chi connectivity index (χ2v) is 4.34. The van der Waals surface area contributed by atoms with E-state index in [-0.39, 0.29) is 6.61 Å². The fourth-order valence-electron chi connectivity index (χ4n) is 1.67. The Kier molecular flexibility index (Phi) is 3.74. The van der Waals surface area contributed by atoms with E-state index in [4.69, 9.17) is 9.84 Å². The summed E-state index contributed by atoms with van der Waals surface area (Å²) in [5.41, 5.74) is 2.35. The highest BCUT2D eigenvalue weighted by atomic mass is 32.2. The van der Waals surface area contributed by atoms with Crippen molar-refractivity contribution < 1.29 is 9.84 Å². The molecular weight excluding hydrogens is 222 g/mol. The van der Waals surface area contributed by atoms with Gasteiger partial charge in [-0.25, -0.2) is 0 Å². The maximum atomic E-state index is 8.98. The molecule has 86 valence electrons. The molecule has 3 nitrogen and oxygen atoms in total. The highest BCUT2D eigenvalue weighted by Gasteiger charge is 2.16. The molecule has 0 amide bonds. The number of nitrogens with zero attached hydrogens (tertiary/aromatic N) is 1. The molecule has 0 fully saturated rings. The largest absolute Gasteiger partial charge is 0.497 e. The van der Waals surface area contributed by atoms with E-state index in [2.05, 4.69) is 10.3 Å². The lowest BCUT2D eigenvalue weighted by Crippen LogP contribution is -2.21. The van der Waals surface area contributed by atoms with Crippen LogP contribution in [-0.4, -0.2) is 36.1 Å². The van der Waals surface area contributed by atoms with Crippen LogP contribution in [0.5, 0.6) is 5.75 Å². The number of benzene rings is 1. The summed E-state index contributed by atoms with van der Waals surface area (Å²) in [6.45, 7) is 0.874. The normalized spacial score (nSPS) is 15.1. The van der Waals surface area contributed by atoms with Gasteiger partial charge < -0.3 is 14.7 Å². The lowest BCUT2D eigenvalue weighted by Gasteiger charge is -2.20. The standard InChI is InChI=1S/C12H15NO2S/c1-15-11-4-2-10(3-5-11)12-8-16-9-13(12)6-7-14/h2-5,8,14H,6-7,9H2,1H3. The molecule has 4 heteroatoms. The number of methoxy groups -OCH3 is 1. The molecule has 0 unspecified atom stereocenters. The van der Waals surface area contributed by atoms with Gasteiger partial charge in [-0.3, -0.25) is 0 Å². The third-order valence-electron chi connectivity index (χ3n) is 2.52. The number of hydrogen-bond donors (Lipinski definition) is 1. The van der Waals surface area contributed by atoms with Crippen LogP contribution in [0.15, 0.2) is 29.7 Å². The lowest BCUT2D eigenvalue weighted by atomic mass is 10.1. The zero-order valence-corrected chi connectivity index (χ0v) is 10.0. The summed E-state index contributed by atoms with van der Waals surface area (Å²) in [4.78, 5) is 2.17. The molecule has 2 rings (SSSR count). The van der Waals surface area contributed by atoms with E-state index in [1.807, 2.05) is 24.3 Å². The van der Waals surface area contributed by atoms with Gasteiger partial charge in [0.05, 0.1) is 25.3 Å². The van der Waals surface area contributed by atoms with Crippen molar-refractivity contribution in [3.8, 4) is 5.75 Å². The second kappa shape index (κ2) is 5.27. The fraction of sp³-hybridized carbons (Fsp3) is 0.333. The van der Waals surface area contributed by atoms with Gasteiger partial charge in [0.15, 0.2) is 0 Å². The molecule has 0 saturated heterocycles. The molecule has 0 radical (unpaired) electrons. The van der Waals surface area contributed by atoms with Crippen molar-refractivity contribution in [3.63, 3.8) is 0 Å². The first kappa shape index (κ1) is 11.4. The Hall–Kier alpha value is -1.13. The minimum absolute atomic E-state index is 0.189. The van der Waals surface area contributed by atoms with Crippen molar-refractivity contribution in [3.05, 3.63) is 35.2 Å². The summed E-state index contributed by atoms with van der Waals surface area (Å²) < 4.78 is 5.13. The van der Waals surface area contributed by atoms with Gasteiger partial charge in [0, 0.05) is 6.54 Å². The molecule has 16 heavy (non-hydrogen) atoms. The summed E-state index contributed by atoms with van der Waals surface area (Å²) in [5, 5.41) is 11.1. The Balaban J connectivity index is 2.16. The first-order chi connectivity index (χ1) is 7.85. The van der Waals surface area contributed by atoms with Crippen LogP contribution in [0.2, 0.25) is 0 Å². The molecule has 0 saturated carbocycles. The maximum absolute atomic E-state index is 8.98. The first-order valence-corrected chi connectivity index (χ1v) is 6.22. The highest BCUT2D eigenvalue weighted by Crippen LogP contribution is 2.31. The fourth-order valence-corrected chi connectivity index (χ4v) is 2.63. The molecule has 1 N–H and O–H groups in total. The Morgan fingerprint density at radius 3 is 2.75 bits per heavy atom. The molecular formula is C12H15NO2S. The van der Waals surface area contributed by atoms with Crippen LogP contribution >= 0.6 is 11.8 Å². The van der Waals surface area contributed by atoms with Gasteiger partial charge in [-0.2, -0.15) is 0 Å². The molecule has 0 aromatic heterocycles. The van der Waals surface area contributed by atoms with Crippen molar-refractivity contribution in [2.24, 2.45) is 0 Å². The van der Waals surface area contributed by atoms with Crippen LogP contribution in [-0.2, 0) is 0 Å². The van der Waals surface area contributed by atoms with Crippen molar-refractivity contribution in [1.82, 2.24) is 4.90 Å². The number of rotatable bonds is 4. The lowest BCUT2D eigenvalue weighted by molar-refractivity contribution is 0.257. The van der Waals surface area contributed by atoms with Gasteiger partial charge in [-0.15, -0.1) is 11.8 Å². The predicted molar refractivity (Wildman–Crippen MR) is 67.2 cm³/mol. The van der Waals surface area contributed by atoms with Crippen LogP contribution in [0.1, 0.15) is 5.56 Å². The average Bonchev–Trinajstić information content (AvgIpc) is 2.78. The molecule has 1 aliphatic rings. The number of aliphatic hydroxyl groups excluding tert-OH is 1. The van der Waals surface area contributed by atoms with E-state index in [0.717, 1.165) is 11.6 Å². The number of β-amino-alcohol motifs (C(OH)–C–C–N with tert-alkyl or cyclic N) is 1. The van der Waals surface area contributed by atoms with E-state index in [1.54, 1.807) is 18.9 Å². The molecule has 0 aliphatic carbocycles. The van der Waals surface area contributed by atoms with Gasteiger partial charge in [-0.1, -0.05) is 0 Å². The molecule has 0 atom stereocenters. The van der Waals surface area contributed by atoms with Crippen LogP contribution in [0.25, 0.3) is 5.70 Å². The summed E-state index contributed by atoms with van der Waals surface area (Å²) in [6, 6.07) is 7.99. The van der Waals surface area contributed by atoms with E-state index >= 15 is 0 Å². The Bertz CT molecular complexity index is 375. The molecule has 1 aliphatic heterocycles. The van der Waals surface area contributed by atoms with Gasteiger partial charge in [0.25, 0.3) is 0 Å². The second-order valence-electron chi connectivity index (χ2n) is 3.51. The average molecular weight is 237 g/mol.